The molecule has 2 bridgehead atoms. The first-order valence-corrected chi connectivity index (χ1v) is 11.9. The molecule has 3 aliphatic rings. The minimum atomic E-state index is -0.0986. The second kappa shape index (κ2) is 8.14. The number of piperidine rings is 1. The van der Waals surface area contributed by atoms with Crippen LogP contribution in [0.4, 0.5) is 5.82 Å². The smallest absolute Gasteiger partial charge is 0.212 e. The quantitative estimate of drug-likeness (QED) is 0.411. The molecule has 8 nitrogen and oxygen atoms in total. The van der Waals surface area contributed by atoms with Gasteiger partial charge >= 0.3 is 0 Å². The number of aromatic nitrogens is 4. The van der Waals surface area contributed by atoms with E-state index in [0.29, 0.717) is 23.5 Å². The molecule has 3 aliphatic heterocycles. The fourth-order valence-electron chi connectivity index (χ4n) is 5.81. The first-order valence-electron chi connectivity index (χ1n) is 11.9. The van der Waals surface area contributed by atoms with E-state index in [1.54, 1.807) is 17.8 Å². The van der Waals surface area contributed by atoms with Crippen molar-refractivity contribution in [2.24, 2.45) is 0 Å². The van der Waals surface area contributed by atoms with Crippen LogP contribution in [0.2, 0.25) is 0 Å². The minimum Gasteiger partial charge on any atom is -0.481 e. The zero-order chi connectivity index (χ0) is 24.2. The van der Waals surface area contributed by atoms with E-state index in [9.17, 15) is 5.26 Å². The van der Waals surface area contributed by atoms with Gasteiger partial charge in [-0.2, -0.15) is 10.4 Å². The maximum absolute atomic E-state index is 9.48. The Kier molecular flexibility index (Phi) is 5.04. The second-order valence-electron chi connectivity index (χ2n) is 9.79. The fourth-order valence-corrected chi connectivity index (χ4v) is 5.81. The number of methoxy groups -OCH3 is 1. The predicted molar refractivity (Wildman–Crippen MR) is 139 cm³/mol. The van der Waals surface area contributed by atoms with Crippen LogP contribution in [0.3, 0.4) is 0 Å². The maximum atomic E-state index is 9.48. The zero-order valence-electron chi connectivity index (χ0n) is 20.1. The van der Waals surface area contributed by atoms with Gasteiger partial charge in [-0.25, -0.2) is 14.5 Å². The van der Waals surface area contributed by atoms with Crippen molar-refractivity contribution in [1.29, 1.82) is 5.26 Å². The van der Waals surface area contributed by atoms with Crippen LogP contribution < -0.4 is 9.64 Å². The van der Waals surface area contributed by atoms with E-state index in [1.165, 1.54) is 12.0 Å². The summed E-state index contributed by atoms with van der Waals surface area (Å²) in [5.74, 6) is 1.63. The number of anilines is 1. The molecule has 10 heteroatoms. The van der Waals surface area contributed by atoms with Gasteiger partial charge in [0, 0.05) is 61.0 Å². The molecule has 35 heavy (non-hydrogen) atoms. The Balaban J connectivity index is 1.20. The highest BCUT2D eigenvalue weighted by Gasteiger charge is 2.51. The molecule has 3 fully saturated rings. The van der Waals surface area contributed by atoms with Crippen LogP contribution >= 0.6 is 0 Å². The molecule has 2 unspecified atom stereocenters. The molecule has 0 radical (unpaired) electrons. The molecule has 0 spiro atoms. The third-order valence-corrected chi connectivity index (χ3v) is 7.53. The Hall–Kier alpha value is -3.83. The van der Waals surface area contributed by atoms with Crippen LogP contribution in [0, 0.1) is 11.3 Å². The Morgan fingerprint density at radius 3 is 2.54 bits per heavy atom. The summed E-state index contributed by atoms with van der Waals surface area (Å²) < 4.78 is 6.97. The van der Waals surface area contributed by atoms with Gasteiger partial charge < -0.3 is 9.64 Å². The molecular weight excluding hydrogens is 436 g/mol. The van der Waals surface area contributed by atoms with Crippen LogP contribution in [0.1, 0.15) is 17.5 Å². The van der Waals surface area contributed by atoms with Crippen LogP contribution in [0.15, 0.2) is 61.2 Å². The predicted octanol–water partition coefficient (Wildman–Crippen LogP) is 1.01. The molecular formula is C25H25B2N7O. The molecule has 0 amide bonds. The molecule has 7 heterocycles. The fraction of sp³-hybridized carbons (Fsp3) is 0.280. The van der Waals surface area contributed by atoms with Gasteiger partial charge in [0.25, 0.3) is 0 Å². The molecule has 0 aromatic carbocycles. The summed E-state index contributed by atoms with van der Waals surface area (Å²) in [6, 6.07) is 15.4. The van der Waals surface area contributed by atoms with Crippen molar-refractivity contribution in [3.05, 3.63) is 72.3 Å². The normalized spacial score (nSPS) is 19.8. The van der Waals surface area contributed by atoms with Crippen molar-refractivity contribution < 1.29 is 4.74 Å². The Bertz CT molecular complexity index is 1420. The monoisotopic (exact) mass is 461 g/mol. The second-order valence-corrected chi connectivity index (χ2v) is 9.79. The number of fused-ring (bicyclic) bond motifs is 3. The van der Waals surface area contributed by atoms with Crippen molar-refractivity contribution in [2.75, 3.05) is 25.1 Å². The molecule has 172 valence electrons. The Labute approximate surface area is 206 Å². The van der Waals surface area contributed by atoms with Gasteiger partial charge in [-0.15, -0.1) is 0 Å². The van der Waals surface area contributed by atoms with Crippen molar-refractivity contribution in [3.63, 3.8) is 0 Å². The summed E-state index contributed by atoms with van der Waals surface area (Å²) in [4.78, 5) is 14.3. The van der Waals surface area contributed by atoms with Crippen LogP contribution in [0.5, 0.6) is 5.88 Å². The highest BCUT2D eigenvalue weighted by molar-refractivity contribution is 6.39. The van der Waals surface area contributed by atoms with Gasteiger partial charge in [-0.1, -0.05) is 12.1 Å². The van der Waals surface area contributed by atoms with E-state index in [0.717, 1.165) is 35.6 Å². The van der Waals surface area contributed by atoms with Crippen molar-refractivity contribution >= 4 is 27.0 Å². The lowest BCUT2D eigenvalue weighted by atomic mass is 9.54. The Morgan fingerprint density at radius 1 is 1.06 bits per heavy atom. The average Bonchev–Trinajstić information content (AvgIpc) is 3.32. The average molecular weight is 461 g/mol. The Morgan fingerprint density at radius 2 is 1.89 bits per heavy atom. The number of rotatable bonds is 5. The third-order valence-electron chi connectivity index (χ3n) is 7.53. The van der Waals surface area contributed by atoms with Gasteiger partial charge in [-0.3, -0.25) is 4.90 Å². The summed E-state index contributed by atoms with van der Waals surface area (Å²) in [5.41, 5.74) is 4.52. The highest BCUT2D eigenvalue weighted by Crippen LogP contribution is 2.41. The van der Waals surface area contributed by atoms with Crippen LogP contribution in [-0.2, 0) is 5.34 Å². The number of piperazine rings is 1. The number of hydrogen-bond donors (Lipinski definition) is 0. The van der Waals surface area contributed by atoms with E-state index in [2.05, 4.69) is 59.8 Å². The van der Waals surface area contributed by atoms with Gasteiger partial charge in [0.2, 0.25) is 5.88 Å². The molecule has 4 aromatic heterocycles. The molecule has 0 aliphatic carbocycles. The summed E-state index contributed by atoms with van der Waals surface area (Å²) in [6.07, 6.45) is 8.52. The summed E-state index contributed by atoms with van der Waals surface area (Å²) in [5, 5.41) is 13.7. The highest BCUT2D eigenvalue weighted by atomic mass is 16.5. The standard InChI is InChI=1S/C25H25B2N7O/c1-35-23-7-5-18(13-30-23)25(26,27)34-19-9-20(34)15-32(14-19)22-6-4-16(11-29-22)21-3-2-8-33-24(21)17(10-28)12-31-33/h2-8,11-13,19-20H,9,14-15,26-27H2,1H3. The van der Waals surface area contributed by atoms with Gasteiger partial charge in [-0.05, 0) is 35.5 Å². The number of nitriles is 1. The summed E-state index contributed by atoms with van der Waals surface area (Å²) in [7, 11) is 6.21. The van der Waals surface area contributed by atoms with Crippen molar-refractivity contribution in [1.82, 2.24) is 24.5 Å². The number of pyridine rings is 3. The number of hydrogen-bond acceptors (Lipinski definition) is 7. The van der Waals surface area contributed by atoms with E-state index < -0.39 is 0 Å². The van der Waals surface area contributed by atoms with Crippen molar-refractivity contribution in [3.8, 4) is 23.1 Å². The van der Waals surface area contributed by atoms with Gasteiger partial charge in [0.15, 0.2) is 0 Å². The molecule has 0 saturated carbocycles. The number of nitrogens with zero attached hydrogens (tertiary/aromatic N) is 7. The molecule has 2 atom stereocenters. The first-order chi connectivity index (χ1) is 17.0. The maximum Gasteiger partial charge on any atom is 0.212 e. The number of ether oxygens (including phenoxy) is 1. The topological polar surface area (TPSA) is 82.6 Å². The lowest BCUT2D eigenvalue weighted by Gasteiger charge is -2.62. The third kappa shape index (κ3) is 3.46. The largest absolute Gasteiger partial charge is 0.481 e. The summed E-state index contributed by atoms with van der Waals surface area (Å²) in [6.45, 7) is 1.90. The summed E-state index contributed by atoms with van der Waals surface area (Å²) >= 11 is 0. The first kappa shape index (κ1) is 21.7. The molecule has 3 saturated heterocycles. The van der Waals surface area contributed by atoms with Crippen molar-refractivity contribution in [2.45, 2.75) is 23.8 Å². The lowest BCUT2D eigenvalue weighted by molar-refractivity contribution is -0.0304. The van der Waals surface area contributed by atoms with Crippen LogP contribution in [-0.4, -0.2) is 72.5 Å². The van der Waals surface area contributed by atoms with Crippen LogP contribution in [0.25, 0.3) is 16.6 Å². The van der Waals surface area contributed by atoms with Gasteiger partial charge in [0.05, 0.1) is 24.4 Å². The molecule has 7 rings (SSSR count). The zero-order valence-corrected chi connectivity index (χ0v) is 20.1. The lowest BCUT2D eigenvalue weighted by Crippen LogP contribution is -2.74. The van der Waals surface area contributed by atoms with Gasteiger partial charge in [0.1, 0.15) is 27.6 Å². The molecule has 0 N–H and O–H groups in total. The van der Waals surface area contributed by atoms with E-state index in [1.807, 2.05) is 36.8 Å². The van der Waals surface area contributed by atoms with E-state index >= 15 is 0 Å². The molecule has 4 aromatic rings. The van der Waals surface area contributed by atoms with E-state index in [4.69, 9.17) is 9.72 Å². The minimum absolute atomic E-state index is 0.0986. The SMILES string of the molecule is BC(B)(c1ccc(OC)nc1)N1C2CC1CN(c1ccc(-c3cccn4ncc(C#N)c34)cn1)C2. The van der Waals surface area contributed by atoms with E-state index in [-0.39, 0.29) is 5.34 Å².